The van der Waals surface area contributed by atoms with Gasteiger partial charge in [0.25, 0.3) is 0 Å². The third-order valence-corrected chi connectivity index (χ3v) is 4.44. The van der Waals surface area contributed by atoms with Gasteiger partial charge in [-0.25, -0.2) is 0 Å². The molecular formula is C16H21NO2S. The van der Waals surface area contributed by atoms with Crippen molar-refractivity contribution in [3.05, 3.63) is 29.8 Å². The number of hydrogen-bond donors (Lipinski definition) is 2. The van der Waals surface area contributed by atoms with Gasteiger partial charge < -0.3 is 15.2 Å². The zero-order valence-electron chi connectivity index (χ0n) is 11.6. The van der Waals surface area contributed by atoms with Crippen LogP contribution in [0.3, 0.4) is 0 Å². The van der Waals surface area contributed by atoms with Gasteiger partial charge in [0.05, 0.1) is 5.60 Å². The van der Waals surface area contributed by atoms with E-state index in [1.807, 2.05) is 36.0 Å². The lowest BCUT2D eigenvalue weighted by Crippen LogP contribution is -2.43. The minimum Gasteiger partial charge on any atom is -0.481 e. The van der Waals surface area contributed by atoms with Crippen molar-refractivity contribution in [1.82, 2.24) is 5.32 Å². The molecule has 2 N–H and O–H groups in total. The number of nitrogens with one attached hydrogen (secondary N) is 1. The van der Waals surface area contributed by atoms with E-state index in [2.05, 4.69) is 11.2 Å². The lowest BCUT2D eigenvalue weighted by molar-refractivity contribution is 0.0320. The standard InChI is InChI=1S/C16H21NO2S/c1-2-9-19-15-5-3-14(4-6-15)12-17-13-16(18)7-10-20-11-8-16/h1,3-6,17-18H,7-13H2. The molecule has 1 aromatic rings. The van der Waals surface area contributed by atoms with Gasteiger partial charge in [-0.1, -0.05) is 18.1 Å². The lowest BCUT2D eigenvalue weighted by atomic mass is 9.97. The molecular weight excluding hydrogens is 270 g/mol. The molecule has 0 aromatic heterocycles. The Labute approximate surface area is 125 Å². The van der Waals surface area contributed by atoms with Gasteiger partial charge in [-0.15, -0.1) is 6.42 Å². The van der Waals surface area contributed by atoms with Gasteiger partial charge in [0.15, 0.2) is 0 Å². The second kappa shape index (κ2) is 7.58. The highest BCUT2D eigenvalue weighted by Gasteiger charge is 2.28. The Morgan fingerprint density at radius 3 is 2.65 bits per heavy atom. The normalized spacial score (nSPS) is 17.4. The molecule has 0 radical (unpaired) electrons. The molecule has 0 spiro atoms. The highest BCUT2D eigenvalue weighted by molar-refractivity contribution is 7.99. The van der Waals surface area contributed by atoms with Crippen molar-refractivity contribution < 1.29 is 9.84 Å². The van der Waals surface area contributed by atoms with Crippen LogP contribution in [0.15, 0.2) is 24.3 Å². The minimum atomic E-state index is -0.527. The molecule has 0 amide bonds. The van der Waals surface area contributed by atoms with Crippen LogP contribution in [0.2, 0.25) is 0 Å². The van der Waals surface area contributed by atoms with Gasteiger partial charge >= 0.3 is 0 Å². The van der Waals surface area contributed by atoms with Gasteiger partial charge in [-0.05, 0) is 42.0 Å². The Morgan fingerprint density at radius 2 is 2.00 bits per heavy atom. The molecule has 3 nitrogen and oxygen atoms in total. The number of hydrogen-bond acceptors (Lipinski definition) is 4. The Hall–Kier alpha value is -1.15. The molecule has 1 aromatic carbocycles. The molecule has 2 rings (SSSR count). The van der Waals surface area contributed by atoms with Crippen LogP contribution in [0.1, 0.15) is 18.4 Å². The molecule has 4 heteroatoms. The topological polar surface area (TPSA) is 41.5 Å². The van der Waals surface area contributed by atoms with Crippen LogP contribution >= 0.6 is 11.8 Å². The van der Waals surface area contributed by atoms with E-state index in [1.165, 1.54) is 5.56 Å². The fourth-order valence-electron chi connectivity index (χ4n) is 2.20. The summed E-state index contributed by atoms with van der Waals surface area (Å²) < 4.78 is 5.33. The highest BCUT2D eigenvalue weighted by Crippen LogP contribution is 2.26. The van der Waals surface area contributed by atoms with Crippen LogP contribution in [0.5, 0.6) is 5.75 Å². The average Bonchev–Trinajstić information content (AvgIpc) is 2.47. The van der Waals surface area contributed by atoms with Crippen LogP contribution in [-0.4, -0.2) is 35.4 Å². The highest BCUT2D eigenvalue weighted by atomic mass is 32.2. The largest absolute Gasteiger partial charge is 0.481 e. The van der Waals surface area contributed by atoms with Crippen molar-refractivity contribution in [1.29, 1.82) is 0 Å². The molecule has 1 aliphatic heterocycles. The summed E-state index contributed by atoms with van der Waals surface area (Å²) in [4.78, 5) is 0. The van der Waals surface area contributed by atoms with Crippen LogP contribution in [0, 0.1) is 12.3 Å². The van der Waals surface area contributed by atoms with Gasteiger partial charge in [-0.2, -0.15) is 11.8 Å². The average molecular weight is 291 g/mol. The molecule has 0 unspecified atom stereocenters. The van der Waals surface area contributed by atoms with E-state index in [-0.39, 0.29) is 0 Å². The smallest absolute Gasteiger partial charge is 0.148 e. The molecule has 0 saturated carbocycles. The molecule has 1 fully saturated rings. The van der Waals surface area contributed by atoms with Crippen molar-refractivity contribution in [3.8, 4) is 18.1 Å². The molecule has 0 bridgehead atoms. The third kappa shape index (κ3) is 4.75. The van der Waals surface area contributed by atoms with Gasteiger partial charge in [0.1, 0.15) is 12.4 Å². The predicted molar refractivity (Wildman–Crippen MR) is 84.0 cm³/mol. The maximum atomic E-state index is 10.4. The first-order valence-corrected chi connectivity index (χ1v) is 8.03. The van der Waals surface area contributed by atoms with Gasteiger partial charge in [0.2, 0.25) is 0 Å². The van der Waals surface area contributed by atoms with E-state index in [4.69, 9.17) is 11.2 Å². The van der Waals surface area contributed by atoms with Crippen molar-refractivity contribution in [2.75, 3.05) is 24.7 Å². The minimum absolute atomic E-state index is 0.294. The summed E-state index contributed by atoms with van der Waals surface area (Å²) in [6, 6.07) is 7.86. The number of ether oxygens (including phenoxy) is 1. The summed E-state index contributed by atoms with van der Waals surface area (Å²) in [7, 11) is 0. The molecule has 20 heavy (non-hydrogen) atoms. The summed E-state index contributed by atoms with van der Waals surface area (Å²) in [5.74, 6) is 5.34. The van der Waals surface area contributed by atoms with Crippen LogP contribution < -0.4 is 10.1 Å². The number of benzene rings is 1. The number of rotatable bonds is 6. The summed E-state index contributed by atoms with van der Waals surface area (Å²) in [5, 5.41) is 13.7. The van der Waals surface area contributed by atoms with Crippen molar-refractivity contribution in [2.45, 2.75) is 25.0 Å². The third-order valence-electron chi connectivity index (χ3n) is 3.45. The molecule has 1 heterocycles. The fraction of sp³-hybridized carbons (Fsp3) is 0.500. The summed E-state index contributed by atoms with van der Waals surface area (Å²) in [6.45, 7) is 1.70. The quantitative estimate of drug-likeness (QED) is 0.787. The SMILES string of the molecule is C#CCOc1ccc(CNCC2(O)CCSCC2)cc1. The molecule has 1 aliphatic rings. The van der Waals surface area contributed by atoms with E-state index in [9.17, 15) is 5.11 Å². The molecule has 0 atom stereocenters. The Bertz CT molecular complexity index is 447. The number of aliphatic hydroxyl groups is 1. The maximum absolute atomic E-state index is 10.4. The zero-order chi connectivity index (χ0) is 14.3. The zero-order valence-corrected chi connectivity index (χ0v) is 12.4. The van der Waals surface area contributed by atoms with Gasteiger partial charge in [0, 0.05) is 13.1 Å². The maximum Gasteiger partial charge on any atom is 0.148 e. The van der Waals surface area contributed by atoms with E-state index in [0.29, 0.717) is 13.2 Å². The molecule has 1 saturated heterocycles. The first kappa shape index (κ1) is 15.2. The van der Waals surface area contributed by atoms with Crippen LogP contribution in [-0.2, 0) is 6.54 Å². The molecule has 108 valence electrons. The van der Waals surface area contributed by atoms with Crippen molar-refractivity contribution >= 4 is 11.8 Å². The van der Waals surface area contributed by atoms with E-state index >= 15 is 0 Å². The number of terminal acetylenes is 1. The van der Waals surface area contributed by atoms with E-state index < -0.39 is 5.60 Å². The first-order chi connectivity index (χ1) is 9.72. The van der Waals surface area contributed by atoms with Gasteiger partial charge in [-0.3, -0.25) is 0 Å². The van der Waals surface area contributed by atoms with Crippen molar-refractivity contribution in [2.24, 2.45) is 0 Å². The van der Waals surface area contributed by atoms with E-state index in [0.717, 1.165) is 36.6 Å². The predicted octanol–water partition coefficient (Wildman–Crippen LogP) is 2.05. The summed E-state index contributed by atoms with van der Waals surface area (Å²) >= 11 is 1.92. The summed E-state index contributed by atoms with van der Waals surface area (Å²) in [6.07, 6.45) is 6.90. The van der Waals surface area contributed by atoms with Crippen LogP contribution in [0.4, 0.5) is 0 Å². The van der Waals surface area contributed by atoms with E-state index in [1.54, 1.807) is 0 Å². The fourth-order valence-corrected chi connectivity index (χ4v) is 3.45. The second-order valence-corrected chi connectivity index (χ2v) is 6.30. The number of thioether (sulfide) groups is 1. The molecule has 0 aliphatic carbocycles. The Kier molecular flexibility index (Phi) is 5.78. The van der Waals surface area contributed by atoms with Crippen molar-refractivity contribution in [3.63, 3.8) is 0 Å². The Morgan fingerprint density at radius 1 is 1.30 bits per heavy atom. The summed E-state index contributed by atoms with van der Waals surface area (Å²) in [5.41, 5.74) is 0.646. The van der Waals surface area contributed by atoms with Crippen LogP contribution in [0.25, 0.3) is 0 Å². The Balaban J connectivity index is 1.75. The first-order valence-electron chi connectivity index (χ1n) is 6.88. The second-order valence-electron chi connectivity index (χ2n) is 5.08. The lowest BCUT2D eigenvalue weighted by Gasteiger charge is -2.32. The monoisotopic (exact) mass is 291 g/mol.